The molecule has 0 unspecified atom stereocenters. The van der Waals surface area contributed by atoms with Crippen molar-refractivity contribution in [1.29, 1.82) is 0 Å². The van der Waals surface area contributed by atoms with E-state index in [2.05, 4.69) is 0 Å². The molecule has 2 aromatic carbocycles. The van der Waals surface area contributed by atoms with Gasteiger partial charge in [0.05, 0.1) is 22.5 Å². The maximum atomic E-state index is 12.9. The zero-order chi connectivity index (χ0) is 22.1. The van der Waals surface area contributed by atoms with E-state index in [9.17, 15) is 16.8 Å². The monoisotopic (exact) mass is 465 g/mol. The first-order valence-electron chi connectivity index (χ1n) is 10.5. The SMILES string of the molecule is COc1ccccc1Oc1ccc(S(=O)(=O)N2CC(S(=O)(=O)C3CCCCC3)C2)cc1. The number of sulfonamides is 1. The van der Waals surface area contributed by atoms with Gasteiger partial charge in [-0.2, -0.15) is 4.31 Å². The standard InChI is InChI=1S/C22H27NO6S2/c1-28-21-9-5-6-10-22(21)29-17-11-13-19(14-12-17)31(26,27)23-15-20(16-23)30(24,25)18-7-3-2-4-8-18/h5-6,9-14,18,20H,2-4,7-8,15-16H2,1H3. The van der Waals surface area contributed by atoms with Crippen molar-refractivity contribution in [2.24, 2.45) is 0 Å². The van der Waals surface area contributed by atoms with Crippen molar-refractivity contribution in [2.75, 3.05) is 20.2 Å². The summed E-state index contributed by atoms with van der Waals surface area (Å²) in [6, 6.07) is 13.3. The molecular formula is C22H27NO6S2. The lowest BCUT2D eigenvalue weighted by Gasteiger charge is -2.39. The fraction of sp³-hybridized carbons (Fsp3) is 0.455. The number of sulfone groups is 1. The van der Waals surface area contributed by atoms with E-state index in [0.717, 1.165) is 19.3 Å². The normalized spacial score (nSPS) is 19.0. The van der Waals surface area contributed by atoms with Crippen LogP contribution in [-0.4, -0.2) is 51.8 Å². The van der Waals surface area contributed by atoms with E-state index in [-0.39, 0.29) is 23.2 Å². The minimum Gasteiger partial charge on any atom is -0.493 e. The molecule has 0 N–H and O–H groups in total. The van der Waals surface area contributed by atoms with Crippen molar-refractivity contribution < 1.29 is 26.3 Å². The van der Waals surface area contributed by atoms with Gasteiger partial charge in [0.15, 0.2) is 21.3 Å². The van der Waals surface area contributed by atoms with E-state index in [0.29, 0.717) is 30.1 Å². The summed E-state index contributed by atoms with van der Waals surface area (Å²) in [5.41, 5.74) is 0. The lowest BCUT2D eigenvalue weighted by atomic mass is 10.0. The van der Waals surface area contributed by atoms with Gasteiger partial charge in [0.1, 0.15) is 5.75 Å². The van der Waals surface area contributed by atoms with Crippen LogP contribution in [0.4, 0.5) is 0 Å². The average molecular weight is 466 g/mol. The molecule has 0 aromatic heterocycles. The maximum Gasteiger partial charge on any atom is 0.243 e. The predicted molar refractivity (Wildman–Crippen MR) is 118 cm³/mol. The van der Waals surface area contributed by atoms with Gasteiger partial charge in [-0.3, -0.25) is 0 Å². The third kappa shape index (κ3) is 4.44. The maximum absolute atomic E-state index is 12.9. The Kier molecular flexibility index (Phi) is 6.27. The Balaban J connectivity index is 1.42. The Morgan fingerprint density at radius 1 is 0.806 bits per heavy atom. The van der Waals surface area contributed by atoms with Gasteiger partial charge in [-0.05, 0) is 49.2 Å². The molecule has 1 saturated carbocycles. The molecule has 0 bridgehead atoms. The van der Waals surface area contributed by atoms with Crippen LogP contribution in [0.25, 0.3) is 0 Å². The largest absolute Gasteiger partial charge is 0.493 e. The summed E-state index contributed by atoms with van der Waals surface area (Å²) in [7, 11) is -5.48. The second kappa shape index (κ2) is 8.80. The van der Waals surface area contributed by atoms with Gasteiger partial charge in [-0.25, -0.2) is 16.8 Å². The van der Waals surface area contributed by atoms with Crippen molar-refractivity contribution in [3.63, 3.8) is 0 Å². The second-order valence-corrected chi connectivity index (χ2v) is 12.5. The highest BCUT2D eigenvalue weighted by Gasteiger charge is 2.46. The highest BCUT2D eigenvalue weighted by atomic mass is 32.2. The third-order valence-corrected chi connectivity index (χ3v) is 10.5. The van der Waals surface area contributed by atoms with Gasteiger partial charge >= 0.3 is 0 Å². The number of benzene rings is 2. The van der Waals surface area contributed by atoms with Gasteiger partial charge < -0.3 is 9.47 Å². The first-order valence-corrected chi connectivity index (χ1v) is 13.5. The van der Waals surface area contributed by atoms with E-state index in [1.165, 1.54) is 16.4 Å². The van der Waals surface area contributed by atoms with E-state index < -0.39 is 25.1 Å². The van der Waals surface area contributed by atoms with Gasteiger partial charge in [-0.1, -0.05) is 31.4 Å². The number of nitrogens with zero attached hydrogens (tertiary/aromatic N) is 1. The van der Waals surface area contributed by atoms with Crippen LogP contribution in [0.15, 0.2) is 53.4 Å². The molecule has 1 aliphatic carbocycles. The molecular weight excluding hydrogens is 438 g/mol. The third-order valence-electron chi connectivity index (χ3n) is 6.05. The highest BCUT2D eigenvalue weighted by Crippen LogP contribution is 2.34. The summed E-state index contributed by atoms with van der Waals surface area (Å²) in [4.78, 5) is 0.119. The highest BCUT2D eigenvalue weighted by molar-refractivity contribution is 7.93. The van der Waals surface area contributed by atoms with Crippen LogP contribution < -0.4 is 9.47 Å². The zero-order valence-corrected chi connectivity index (χ0v) is 19.1. The summed E-state index contributed by atoms with van der Waals surface area (Å²) in [6.45, 7) is 0.0568. The molecule has 0 atom stereocenters. The molecule has 0 radical (unpaired) electrons. The van der Waals surface area contributed by atoms with E-state index in [4.69, 9.17) is 9.47 Å². The first kappa shape index (κ1) is 22.1. The van der Waals surface area contributed by atoms with Crippen LogP contribution in [0.5, 0.6) is 17.2 Å². The van der Waals surface area contributed by atoms with Crippen molar-refractivity contribution in [2.45, 2.75) is 47.5 Å². The van der Waals surface area contributed by atoms with E-state index >= 15 is 0 Å². The fourth-order valence-electron chi connectivity index (χ4n) is 4.13. The Morgan fingerprint density at radius 3 is 2.03 bits per heavy atom. The molecule has 0 amide bonds. The lowest BCUT2D eigenvalue weighted by Crippen LogP contribution is -2.58. The summed E-state index contributed by atoms with van der Waals surface area (Å²) in [5, 5.41) is -0.916. The molecule has 1 aliphatic heterocycles. The van der Waals surface area contributed by atoms with E-state index in [1.807, 2.05) is 12.1 Å². The number of para-hydroxylation sites is 2. The molecule has 168 valence electrons. The van der Waals surface area contributed by atoms with Crippen molar-refractivity contribution in [1.82, 2.24) is 4.31 Å². The average Bonchev–Trinajstić information content (AvgIpc) is 2.74. The van der Waals surface area contributed by atoms with Crippen LogP contribution in [0.1, 0.15) is 32.1 Å². The number of ether oxygens (including phenoxy) is 2. The number of hydrogen-bond acceptors (Lipinski definition) is 6. The smallest absolute Gasteiger partial charge is 0.243 e. The van der Waals surface area contributed by atoms with E-state index in [1.54, 1.807) is 31.4 Å². The minimum absolute atomic E-state index is 0.0284. The van der Waals surface area contributed by atoms with Crippen LogP contribution in [0.2, 0.25) is 0 Å². The van der Waals surface area contributed by atoms with Gasteiger partial charge in [0.2, 0.25) is 10.0 Å². The molecule has 1 saturated heterocycles. The van der Waals surface area contributed by atoms with Crippen molar-refractivity contribution >= 4 is 19.9 Å². The van der Waals surface area contributed by atoms with Crippen LogP contribution in [0, 0.1) is 0 Å². The quantitative estimate of drug-likeness (QED) is 0.621. The Hall–Kier alpha value is -2.10. The van der Waals surface area contributed by atoms with Gasteiger partial charge in [0.25, 0.3) is 0 Å². The molecule has 1 heterocycles. The number of rotatable bonds is 7. The van der Waals surface area contributed by atoms with Gasteiger partial charge in [-0.15, -0.1) is 0 Å². The molecule has 9 heteroatoms. The van der Waals surface area contributed by atoms with Crippen molar-refractivity contribution in [3.05, 3.63) is 48.5 Å². The molecule has 0 spiro atoms. The summed E-state index contributed by atoms with van der Waals surface area (Å²) < 4.78 is 63.7. The first-order chi connectivity index (χ1) is 14.8. The summed E-state index contributed by atoms with van der Waals surface area (Å²) in [5.74, 6) is 1.58. The van der Waals surface area contributed by atoms with Crippen LogP contribution in [-0.2, 0) is 19.9 Å². The number of hydrogen-bond donors (Lipinski definition) is 0. The Bertz CT molecular complexity index is 1120. The molecule has 2 fully saturated rings. The minimum atomic E-state index is -3.74. The zero-order valence-electron chi connectivity index (χ0n) is 17.4. The van der Waals surface area contributed by atoms with Crippen LogP contribution >= 0.6 is 0 Å². The summed E-state index contributed by atoms with van der Waals surface area (Å²) >= 11 is 0. The Labute approximate surface area is 183 Å². The fourth-order valence-corrected chi connectivity index (χ4v) is 8.16. The summed E-state index contributed by atoms with van der Waals surface area (Å²) in [6.07, 6.45) is 4.33. The Morgan fingerprint density at radius 2 is 1.42 bits per heavy atom. The molecule has 2 aliphatic rings. The van der Waals surface area contributed by atoms with Gasteiger partial charge in [0, 0.05) is 13.1 Å². The van der Waals surface area contributed by atoms with Crippen LogP contribution in [0.3, 0.4) is 0 Å². The molecule has 31 heavy (non-hydrogen) atoms. The molecule has 7 nitrogen and oxygen atoms in total. The molecule has 4 rings (SSSR count). The molecule has 2 aromatic rings. The predicted octanol–water partition coefficient (Wildman–Crippen LogP) is 3.61. The number of methoxy groups -OCH3 is 1. The second-order valence-electron chi connectivity index (χ2n) is 8.02. The van der Waals surface area contributed by atoms with Crippen molar-refractivity contribution in [3.8, 4) is 17.2 Å². The lowest BCUT2D eigenvalue weighted by molar-refractivity contribution is 0.306. The topological polar surface area (TPSA) is 90.0 Å².